The van der Waals surface area contributed by atoms with Crippen LogP contribution in [0, 0.1) is 5.41 Å². The maximum Gasteiger partial charge on any atom is 0.408 e. The van der Waals surface area contributed by atoms with Crippen LogP contribution in [0.4, 0.5) is 9.59 Å². The molecule has 1 fully saturated rings. The van der Waals surface area contributed by atoms with Gasteiger partial charge in [0.15, 0.2) is 0 Å². The van der Waals surface area contributed by atoms with Crippen LogP contribution >= 0.6 is 0 Å². The number of carbonyl (C=O) groups is 3. The number of aromatic nitrogens is 1. The molecule has 0 spiro atoms. The highest BCUT2D eigenvalue weighted by atomic mass is 16.6. The largest absolute Gasteiger partial charge is 0.449 e. The molecule has 1 saturated heterocycles. The van der Waals surface area contributed by atoms with E-state index in [0.717, 1.165) is 27.8 Å². The van der Waals surface area contributed by atoms with E-state index in [-0.39, 0.29) is 25.0 Å². The second-order valence-electron chi connectivity index (χ2n) is 14.8. The first kappa shape index (κ1) is 33.8. The third kappa shape index (κ3) is 7.48. The number of rotatable bonds is 7. The van der Waals surface area contributed by atoms with Crippen molar-refractivity contribution in [2.75, 3.05) is 13.2 Å². The molecule has 1 aliphatic carbocycles. The number of nitrogens with one attached hydrogen (secondary N) is 2. The molecule has 2 aliphatic rings. The molecule has 3 atom stereocenters. The molecule has 256 valence electrons. The van der Waals surface area contributed by atoms with Gasteiger partial charge >= 0.3 is 12.2 Å². The Morgan fingerprint density at radius 3 is 2.10 bits per heavy atom. The lowest BCUT2D eigenvalue weighted by molar-refractivity contribution is -0.137. The maximum absolute atomic E-state index is 14.4. The maximum atomic E-state index is 14.4. The predicted octanol–water partition coefficient (Wildman–Crippen LogP) is 7.46. The lowest BCUT2D eigenvalue weighted by Crippen LogP contribution is -2.55. The lowest BCUT2D eigenvalue weighted by atomic mass is 9.85. The summed E-state index contributed by atoms with van der Waals surface area (Å²) in [6.07, 6.45) is 0.650. The van der Waals surface area contributed by atoms with Crippen LogP contribution in [0.5, 0.6) is 0 Å². The van der Waals surface area contributed by atoms with Gasteiger partial charge in [0.2, 0.25) is 11.8 Å². The van der Waals surface area contributed by atoms with Crippen molar-refractivity contribution in [3.63, 3.8) is 0 Å². The number of benzene rings is 3. The van der Waals surface area contributed by atoms with Crippen molar-refractivity contribution in [1.29, 1.82) is 0 Å². The molecule has 2 heterocycles. The van der Waals surface area contributed by atoms with E-state index in [1.54, 1.807) is 31.9 Å². The quantitative estimate of drug-likeness (QED) is 0.210. The highest BCUT2D eigenvalue weighted by molar-refractivity contribution is 5.87. The molecule has 4 aromatic rings. The standard InChI is InChI=1S/C39H44N4O6/c1-38(2,3)33(42-37(46)49-39(4,5)6)35(44)43-21-25(20-32(43)34-41-31(23-47-34)24-14-8-7-9-15-24)40-36(45)48-22-30-28-18-12-10-16-26(28)27-17-11-13-19-29(27)30/h7-19,23,25,30,32-33H,20-22H2,1-6H3,(H,40,45)(H,42,46)/t25-,32-,33+/m0/s1. The lowest BCUT2D eigenvalue weighted by Gasteiger charge is -2.35. The second kappa shape index (κ2) is 13.4. The number of alkyl carbamates (subject to hydrolysis) is 2. The van der Waals surface area contributed by atoms with Crippen LogP contribution in [0.3, 0.4) is 0 Å². The molecular formula is C39H44N4O6. The average Bonchev–Trinajstić information content (AvgIpc) is 3.78. The van der Waals surface area contributed by atoms with Gasteiger partial charge in [-0.25, -0.2) is 14.6 Å². The van der Waals surface area contributed by atoms with E-state index in [1.165, 1.54) is 0 Å². The molecule has 0 bridgehead atoms. The number of likely N-dealkylation sites (tertiary alicyclic amines) is 1. The minimum absolute atomic E-state index is 0.0808. The summed E-state index contributed by atoms with van der Waals surface area (Å²) in [6.45, 7) is 11.3. The SMILES string of the molecule is CC(C)(C)OC(=O)N[C@H](C(=O)N1C[C@@H](NC(=O)OCC2c3ccccc3-c3ccccc32)C[C@H]1c1nc(-c2ccccc2)co1)C(C)(C)C. The average molecular weight is 665 g/mol. The minimum Gasteiger partial charge on any atom is -0.449 e. The van der Waals surface area contributed by atoms with Crippen LogP contribution in [-0.4, -0.2) is 58.8 Å². The van der Waals surface area contributed by atoms with Crippen LogP contribution in [0.15, 0.2) is 89.5 Å². The summed E-state index contributed by atoms with van der Waals surface area (Å²) in [4.78, 5) is 46.9. The number of hydrogen-bond acceptors (Lipinski definition) is 7. The first-order valence-corrected chi connectivity index (χ1v) is 16.7. The van der Waals surface area contributed by atoms with E-state index in [2.05, 4.69) is 34.9 Å². The van der Waals surface area contributed by atoms with E-state index in [0.29, 0.717) is 18.0 Å². The van der Waals surface area contributed by atoms with Crippen LogP contribution in [0.25, 0.3) is 22.4 Å². The molecule has 3 amide bonds. The summed E-state index contributed by atoms with van der Waals surface area (Å²) < 4.78 is 17.3. The van der Waals surface area contributed by atoms with Gasteiger partial charge in [-0.15, -0.1) is 0 Å². The third-order valence-electron chi connectivity index (χ3n) is 8.90. The predicted molar refractivity (Wildman–Crippen MR) is 186 cm³/mol. The Balaban J connectivity index is 1.21. The van der Waals surface area contributed by atoms with Gasteiger partial charge in [-0.3, -0.25) is 4.79 Å². The van der Waals surface area contributed by atoms with Crippen molar-refractivity contribution >= 4 is 18.1 Å². The van der Waals surface area contributed by atoms with Gasteiger partial charge in [-0.1, -0.05) is 99.6 Å². The topological polar surface area (TPSA) is 123 Å². The zero-order chi connectivity index (χ0) is 34.9. The van der Waals surface area contributed by atoms with Gasteiger partial charge in [0.1, 0.15) is 36.2 Å². The monoisotopic (exact) mass is 664 g/mol. The van der Waals surface area contributed by atoms with Gasteiger partial charge in [0, 0.05) is 18.0 Å². The number of carbonyl (C=O) groups excluding carboxylic acids is 3. The van der Waals surface area contributed by atoms with Crippen molar-refractivity contribution in [2.45, 2.75) is 77.6 Å². The van der Waals surface area contributed by atoms with Gasteiger partial charge in [0.05, 0.1) is 6.04 Å². The Morgan fingerprint density at radius 2 is 1.49 bits per heavy atom. The molecule has 10 nitrogen and oxygen atoms in total. The Hall–Kier alpha value is -5.12. The van der Waals surface area contributed by atoms with Crippen molar-refractivity contribution in [3.8, 4) is 22.4 Å². The van der Waals surface area contributed by atoms with Crippen LogP contribution in [0.1, 0.15) is 76.9 Å². The first-order chi connectivity index (χ1) is 23.3. The summed E-state index contributed by atoms with van der Waals surface area (Å²) in [5.74, 6) is -0.0728. The Morgan fingerprint density at radius 1 is 0.878 bits per heavy atom. The van der Waals surface area contributed by atoms with Gasteiger partial charge in [-0.2, -0.15) is 0 Å². The molecule has 6 rings (SSSR count). The minimum atomic E-state index is -0.929. The number of ether oxygens (including phenoxy) is 2. The molecule has 1 aliphatic heterocycles. The van der Waals surface area contributed by atoms with Crippen molar-refractivity contribution in [1.82, 2.24) is 20.5 Å². The highest BCUT2D eigenvalue weighted by Gasteiger charge is 2.45. The fourth-order valence-corrected chi connectivity index (χ4v) is 6.65. The smallest absolute Gasteiger partial charge is 0.408 e. The number of amides is 3. The molecule has 10 heteroatoms. The van der Waals surface area contributed by atoms with E-state index in [1.807, 2.05) is 75.4 Å². The van der Waals surface area contributed by atoms with Crippen molar-refractivity contribution in [3.05, 3.63) is 102 Å². The molecule has 0 unspecified atom stereocenters. The number of hydrogen-bond donors (Lipinski definition) is 2. The highest BCUT2D eigenvalue weighted by Crippen LogP contribution is 2.44. The van der Waals surface area contributed by atoms with Crippen molar-refractivity contribution < 1.29 is 28.3 Å². The number of oxazole rings is 1. The van der Waals surface area contributed by atoms with Crippen LogP contribution in [-0.2, 0) is 14.3 Å². The molecule has 0 saturated carbocycles. The Bertz CT molecular complexity index is 1780. The van der Waals surface area contributed by atoms with Crippen LogP contribution in [0.2, 0.25) is 0 Å². The van der Waals surface area contributed by atoms with E-state index in [9.17, 15) is 14.4 Å². The zero-order valence-electron chi connectivity index (χ0n) is 28.9. The second-order valence-corrected chi connectivity index (χ2v) is 14.8. The Kier molecular flexibility index (Phi) is 9.24. The van der Waals surface area contributed by atoms with Crippen LogP contribution < -0.4 is 10.6 Å². The summed E-state index contributed by atoms with van der Waals surface area (Å²) in [7, 11) is 0. The Labute approximate surface area is 287 Å². The number of nitrogens with zero attached hydrogens (tertiary/aromatic N) is 2. The summed E-state index contributed by atoms with van der Waals surface area (Å²) in [6, 6.07) is 24.0. The third-order valence-corrected chi connectivity index (χ3v) is 8.90. The zero-order valence-corrected chi connectivity index (χ0v) is 28.9. The summed E-state index contributed by atoms with van der Waals surface area (Å²) in [5, 5.41) is 5.79. The molecular weight excluding hydrogens is 620 g/mol. The molecule has 49 heavy (non-hydrogen) atoms. The van der Waals surface area contributed by atoms with Gasteiger partial charge < -0.3 is 29.4 Å². The summed E-state index contributed by atoms with van der Waals surface area (Å²) >= 11 is 0. The van der Waals surface area contributed by atoms with Gasteiger partial charge in [-0.05, 0) is 54.9 Å². The number of fused-ring (bicyclic) bond motifs is 3. The fraction of sp³-hybridized carbons (Fsp3) is 0.385. The first-order valence-electron chi connectivity index (χ1n) is 16.7. The van der Waals surface area contributed by atoms with E-state index >= 15 is 0 Å². The molecule has 2 N–H and O–H groups in total. The van der Waals surface area contributed by atoms with E-state index < -0.39 is 41.3 Å². The van der Waals surface area contributed by atoms with Crippen molar-refractivity contribution in [2.24, 2.45) is 5.41 Å². The molecule has 0 radical (unpaired) electrons. The normalized spacial score (nSPS) is 18.0. The van der Waals surface area contributed by atoms with E-state index in [4.69, 9.17) is 18.9 Å². The summed E-state index contributed by atoms with van der Waals surface area (Å²) in [5.41, 5.74) is 4.65. The fourth-order valence-electron chi connectivity index (χ4n) is 6.65. The molecule has 3 aromatic carbocycles. The molecule has 1 aromatic heterocycles. The van der Waals surface area contributed by atoms with Gasteiger partial charge in [0.25, 0.3) is 0 Å².